The van der Waals surface area contributed by atoms with Crippen LogP contribution in [0.3, 0.4) is 0 Å². The quantitative estimate of drug-likeness (QED) is 0.931. The molecule has 0 aliphatic heterocycles. The monoisotopic (exact) mass is 274 g/mol. The highest BCUT2D eigenvalue weighted by molar-refractivity contribution is 6.04. The Balaban J connectivity index is 2.21. The zero-order chi connectivity index (χ0) is 14.5. The van der Waals surface area contributed by atoms with Gasteiger partial charge in [0.25, 0.3) is 5.91 Å². The SMILES string of the molecule is CCOc1ncccc1NC(=O)c1ccc(C)c(F)c1. The first-order valence-corrected chi connectivity index (χ1v) is 6.27. The summed E-state index contributed by atoms with van der Waals surface area (Å²) in [5.41, 5.74) is 1.21. The molecular weight excluding hydrogens is 259 g/mol. The normalized spacial score (nSPS) is 10.2. The van der Waals surface area contributed by atoms with E-state index < -0.39 is 11.7 Å². The summed E-state index contributed by atoms with van der Waals surface area (Å²) in [6, 6.07) is 7.72. The number of amides is 1. The molecule has 2 aromatic rings. The molecule has 1 aromatic heterocycles. The van der Waals surface area contributed by atoms with Gasteiger partial charge in [0.1, 0.15) is 11.5 Å². The molecule has 0 fully saturated rings. The molecule has 1 amide bonds. The van der Waals surface area contributed by atoms with E-state index in [1.807, 2.05) is 6.92 Å². The van der Waals surface area contributed by atoms with E-state index in [9.17, 15) is 9.18 Å². The minimum absolute atomic E-state index is 0.249. The number of carbonyl (C=O) groups excluding carboxylic acids is 1. The first-order valence-electron chi connectivity index (χ1n) is 6.27. The van der Waals surface area contributed by atoms with Crippen LogP contribution >= 0.6 is 0 Å². The van der Waals surface area contributed by atoms with Crippen LogP contribution in [0.25, 0.3) is 0 Å². The molecule has 0 unspecified atom stereocenters. The largest absolute Gasteiger partial charge is 0.476 e. The third kappa shape index (κ3) is 3.12. The molecule has 0 bridgehead atoms. The van der Waals surface area contributed by atoms with Gasteiger partial charge in [-0.3, -0.25) is 4.79 Å². The fraction of sp³-hybridized carbons (Fsp3) is 0.200. The average molecular weight is 274 g/mol. The molecule has 0 aliphatic rings. The molecule has 0 radical (unpaired) electrons. The second-order valence-corrected chi connectivity index (χ2v) is 4.21. The smallest absolute Gasteiger partial charge is 0.255 e. The van der Waals surface area contributed by atoms with Crippen molar-refractivity contribution < 1.29 is 13.9 Å². The van der Waals surface area contributed by atoms with Crippen molar-refractivity contribution in [3.8, 4) is 5.88 Å². The zero-order valence-electron chi connectivity index (χ0n) is 11.3. The van der Waals surface area contributed by atoms with Crippen LogP contribution in [-0.4, -0.2) is 17.5 Å². The number of hydrogen-bond acceptors (Lipinski definition) is 3. The topological polar surface area (TPSA) is 51.2 Å². The second kappa shape index (κ2) is 6.14. The summed E-state index contributed by atoms with van der Waals surface area (Å²) >= 11 is 0. The Hall–Kier alpha value is -2.43. The first kappa shape index (κ1) is 14.0. The maximum atomic E-state index is 13.5. The number of aryl methyl sites for hydroxylation is 1. The number of anilines is 1. The summed E-state index contributed by atoms with van der Waals surface area (Å²) in [7, 11) is 0. The van der Waals surface area contributed by atoms with E-state index >= 15 is 0 Å². The highest BCUT2D eigenvalue weighted by Crippen LogP contribution is 2.21. The molecule has 0 aliphatic carbocycles. The highest BCUT2D eigenvalue weighted by atomic mass is 19.1. The number of ether oxygens (including phenoxy) is 1. The fourth-order valence-corrected chi connectivity index (χ4v) is 1.67. The van der Waals surface area contributed by atoms with Crippen molar-refractivity contribution in [3.63, 3.8) is 0 Å². The molecular formula is C15H15FN2O2. The van der Waals surface area contributed by atoms with Gasteiger partial charge in [-0.15, -0.1) is 0 Å². The number of hydrogen-bond donors (Lipinski definition) is 1. The molecule has 4 nitrogen and oxygen atoms in total. The number of carbonyl (C=O) groups is 1. The number of aromatic nitrogens is 1. The van der Waals surface area contributed by atoms with Crippen LogP contribution in [0.1, 0.15) is 22.8 Å². The van der Waals surface area contributed by atoms with E-state index in [-0.39, 0.29) is 5.56 Å². The van der Waals surface area contributed by atoms with Crippen molar-refractivity contribution in [2.45, 2.75) is 13.8 Å². The van der Waals surface area contributed by atoms with Crippen LogP contribution in [-0.2, 0) is 0 Å². The average Bonchev–Trinajstić information content (AvgIpc) is 2.44. The van der Waals surface area contributed by atoms with Crippen molar-refractivity contribution >= 4 is 11.6 Å². The number of nitrogens with one attached hydrogen (secondary N) is 1. The summed E-state index contributed by atoms with van der Waals surface area (Å²) in [6.45, 7) is 3.92. The third-order valence-corrected chi connectivity index (χ3v) is 2.73. The van der Waals surface area contributed by atoms with E-state index in [4.69, 9.17) is 4.74 Å². The molecule has 5 heteroatoms. The van der Waals surface area contributed by atoms with E-state index in [1.165, 1.54) is 6.07 Å². The van der Waals surface area contributed by atoms with Crippen LogP contribution in [0.4, 0.5) is 10.1 Å². The van der Waals surface area contributed by atoms with E-state index in [0.29, 0.717) is 23.7 Å². The van der Waals surface area contributed by atoms with Gasteiger partial charge in [0.2, 0.25) is 5.88 Å². The lowest BCUT2D eigenvalue weighted by atomic mass is 10.1. The van der Waals surface area contributed by atoms with Gasteiger partial charge in [-0.1, -0.05) is 6.07 Å². The number of rotatable bonds is 4. The van der Waals surface area contributed by atoms with Gasteiger partial charge in [0.05, 0.1) is 6.61 Å². The zero-order valence-corrected chi connectivity index (χ0v) is 11.3. The molecule has 0 spiro atoms. The van der Waals surface area contributed by atoms with Crippen LogP contribution < -0.4 is 10.1 Å². The fourth-order valence-electron chi connectivity index (χ4n) is 1.67. The van der Waals surface area contributed by atoms with Crippen molar-refractivity contribution in [3.05, 3.63) is 53.5 Å². The van der Waals surface area contributed by atoms with Crippen molar-refractivity contribution in [1.82, 2.24) is 4.98 Å². The summed E-state index contributed by atoms with van der Waals surface area (Å²) < 4.78 is 18.8. The van der Waals surface area contributed by atoms with Crippen LogP contribution in [0.15, 0.2) is 36.5 Å². The lowest BCUT2D eigenvalue weighted by Gasteiger charge is -2.10. The summed E-state index contributed by atoms with van der Waals surface area (Å²) in [4.78, 5) is 16.1. The van der Waals surface area contributed by atoms with Gasteiger partial charge >= 0.3 is 0 Å². The molecule has 1 aromatic carbocycles. The Morgan fingerprint density at radius 3 is 2.90 bits per heavy atom. The van der Waals surface area contributed by atoms with Crippen molar-refractivity contribution in [1.29, 1.82) is 0 Å². The van der Waals surface area contributed by atoms with Gasteiger partial charge in [-0.25, -0.2) is 9.37 Å². The first-order chi connectivity index (χ1) is 9.61. The second-order valence-electron chi connectivity index (χ2n) is 4.21. The minimum Gasteiger partial charge on any atom is -0.476 e. The van der Waals surface area contributed by atoms with Crippen molar-refractivity contribution in [2.75, 3.05) is 11.9 Å². The molecule has 1 N–H and O–H groups in total. The van der Waals surface area contributed by atoms with Gasteiger partial charge in [0, 0.05) is 11.8 Å². The summed E-state index contributed by atoms with van der Waals surface area (Å²) in [5, 5.41) is 2.67. The summed E-state index contributed by atoms with van der Waals surface area (Å²) in [6.07, 6.45) is 1.58. The van der Waals surface area contributed by atoms with Gasteiger partial charge in [-0.2, -0.15) is 0 Å². The number of benzene rings is 1. The lowest BCUT2D eigenvalue weighted by Crippen LogP contribution is -2.13. The number of halogens is 1. The van der Waals surface area contributed by atoms with Gasteiger partial charge in [-0.05, 0) is 43.7 Å². The molecule has 0 atom stereocenters. The Morgan fingerprint density at radius 2 is 2.20 bits per heavy atom. The third-order valence-electron chi connectivity index (χ3n) is 2.73. The standard InChI is InChI=1S/C15H15FN2O2/c1-3-20-15-13(5-4-8-17-15)18-14(19)11-7-6-10(2)12(16)9-11/h4-9H,3H2,1-2H3,(H,18,19). The molecule has 104 valence electrons. The Kier molecular flexibility index (Phi) is 4.30. The van der Waals surface area contributed by atoms with Gasteiger partial charge in [0.15, 0.2) is 0 Å². The maximum Gasteiger partial charge on any atom is 0.255 e. The maximum absolute atomic E-state index is 13.5. The Morgan fingerprint density at radius 1 is 1.40 bits per heavy atom. The van der Waals surface area contributed by atoms with Gasteiger partial charge < -0.3 is 10.1 Å². The Labute approximate surface area is 116 Å². The van der Waals surface area contributed by atoms with E-state index in [0.717, 1.165) is 0 Å². The molecule has 20 heavy (non-hydrogen) atoms. The predicted molar refractivity (Wildman–Crippen MR) is 74.5 cm³/mol. The predicted octanol–water partition coefficient (Wildman–Crippen LogP) is 3.18. The highest BCUT2D eigenvalue weighted by Gasteiger charge is 2.11. The minimum atomic E-state index is -0.408. The molecule has 0 saturated heterocycles. The lowest BCUT2D eigenvalue weighted by molar-refractivity contribution is 0.102. The van der Waals surface area contributed by atoms with Crippen LogP contribution in [0.2, 0.25) is 0 Å². The van der Waals surface area contributed by atoms with E-state index in [2.05, 4.69) is 10.3 Å². The molecule has 0 saturated carbocycles. The van der Waals surface area contributed by atoms with Crippen LogP contribution in [0.5, 0.6) is 5.88 Å². The Bertz CT molecular complexity index is 629. The van der Waals surface area contributed by atoms with Crippen LogP contribution in [0, 0.1) is 12.7 Å². The van der Waals surface area contributed by atoms with E-state index in [1.54, 1.807) is 37.4 Å². The molecule has 2 rings (SSSR count). The molecule has 1 heterocycles. The number of nitrogens with zero attached hydrogens (tertiary/aromatic N) is 1. The number of pyridine rings is 1. The van der Waals surface area contributed by atoms with Crippen molar-refractivity contribution in [2.24, 2.45) is 0 Å². The summed E-state index contributed by atoms with van der Waals surface area (Å²) in [5.74, 6) is -0.470.